The molecule has 0 aromatic heterocycles. The smallest absolute Gasteiger partial charge is 0.347 e. The zero-order valence-corrected chi connectivity index (χ0v) is 24.9. The third-order valence-corrected chi connectivity index (χ3v) is 6.41. The molecule has 1 aliphatic rings. The number of esters is 2. The monoisotopic (exact) mass is 581 g/mol. The van der Waals surface area contributed by atoms with Crippen molar-refractivity contribution in [2.45, 2.75) is 91.6 Å². The molecule has 5 atom stereocenters. The molecule has 0 bridgehead atoms. The summed E-state index contributed by atoms with van der Waals surface area (Å²) in [5.41, 5.74) is 0. The number of hydrogen-bond donors (Lipinski definition) is 4. The van der Waals surface area contributed by atoms with Crippen molar-refractivity contribution in [3.63, 3.8) is 0 Å². The van der Waals surface area contributed by atoms with Gasteiger partial charge in [-0.2, -0.15) is 0 Å². The predicted molar refractivity (Wildman–Crippen MR) is 146 cm³/mol. The van der Waals surface area contributed by atoms with E-state index >= 15 is 0 Å². The van der Waals surface area contributed by atoms with Crippen LogP contribution < -0.4 is 21.3 Å². The first-order valence-electron chi connectivity index (χ1n) is 13.6. The molecule has 0 saturated carbocycles. The Balaban J connectivity index is 2.76. The molecule has 14 nitrogen and oxygen atoms in total. The molecule has 41 heavy (non-hydrogen) atoms. The van der Waals surface area contributed by atoms with Gasteiger partial charge in [-0.3, -0.25) is 24.0 Å². The van der Waals surface area contributed by atoms with Crippen molar-refractivity contribution in [2.24, 2.45) is 11.8 Å². The van der Waals surface area contributed by atoms with E-state index in [9.17, 15) is 33.6 Å². The lowest BCUT2D eigenvalue weighted by Gasteiger charge is -2.27. The summed E-state index contributed by atoms with van der Waals surface area (Å²) in [6, 6.07) is -2.98. The number of ether oxygens (including phenoxy) is 2. The number of hydrogen-bond acceptors (Lipinski definition) is 10. The molecule has 14 heteroatoms. The van der Waals surface area contributed by atoms with Crippen LogP contribution in [0.1, 0.15) is 61.3 Å². The number of carbonyl (C=O) groups is 7. The number of carbonyl (C=O) groups excluding carboxylic acids is 7. The molecule has 2 radical (unpaired) electrons. The van der Waals surface area contributed by atoms with E-state index in [4.69, 9.17) is 9.47 Å². The van der Waals surface area contributed by atoms with Crippen molar-refractivity contribution in [1.82, 2.24) is 26.2 Å². The summed E-state index contributed by atoms with van der Waals surface area (Å²) < 4.78 is 10.1. The van der Waals surface area contributed by atoms with Crippen molar-refractivity contribution < 1.29 is 43.0 Å². The second kappa shape index (κ2) is 16.7. The highest BCUT2D eigenvalue weighted by Gasteiger charge is 2.35. The Kier molecular flexibility index (Phi) is 14.4. The van der Waals surface area contributed by atoms with Gasteiger partial charge in [0.2, 0.25) is 23.6 Å². The largest absolute Gasteiger partial charge is 0.452 e. The molecular formula is C27H43N5O9. The van der Waals surface area contributed by atoms with Crippen LogP contribution in [0.25, 0.3) is 0 Å². The van der Waals surface area contributed by atoms with Crippen LogP contribution in [-0.4, -0.2) is 90.2 Å². The van der Waals surface area contributed by atoms with Crippen molar-refractivity contribution in [1.29, 1.82) is 0 Å². The van der Waals surface area contributed by atoms with E-state index in [2.05, 4.69) is 21.3 Å². The molecule has 1 saturated heterocycles. The van der Waals surface area contributed by atoms with Gasteiger partial charge < -0.3 is 35.6 Å². The molecule has 4 amide bonds. The van der Waals surface area contributed by atoms with Crippen LogP contribution in [0.3, 0.4) is 0 Å². The minimum absolute atomic E-state index is 0.346. The highest BCUT2D eigenvalue weighted by atomic mass is 16.6. The lowest BCUT2D eigenvalue weighted by molar-refractivity contribution is -0.172. The van der Waals surface area contributed by atoms with Crippen LogP contribution >= 0.6 is 0 Å². The topological polar surface area (TPSA) is 189 Å². The zero-order valence-electron chi connectivity index (χ0n) is 24.9. The second-order valence-corrected chi connectivity index (χ2v) is 10.5. The Bertz CT molecular complexity index is 984. The van der Waals surface area contributed by atoms with Gasteiger partial charge in [-0.05, 0) is 52.5 Å². The SMILES string of the molecule is CN[CH]C(=O)N1CCCC1C(=O)N[CH]C(=O)NC(C(=O)NC(C(=O)OC(C)C(=O)OC(C)C(C)=O)C(C)C)C(C)C. The molecule has 230 valence electrons. The number of Topliss-reactive ketones (excluding diaryl/α,β-unsaturated/α-hetero) is 1. The Hall–Kier alpha value is -3.55. The number of amides is 4. The van der Waals surface area contributed by atoms with Crippen LogP contribution in [0.4, 0.5) is 0 Å². The standard InChI is InChI=1S/C27H43N5O9/c1-14(2)22(30-20(34)12-29-24(36)19-10-9-11-32(19)21(35)13-28-8)25(37)31-23(15(3)4)27(39)41-18(7)26(38)40-17(6)16(5)33/h12-15,17-19,22-23,28H,9-11H2,1-8H3,(H,29,36)(H,30,34)(H,31,37). The molecule has 1 aliphatic heterocycles. The van der Waals surface area contributed by atoms with Gasteiger partial charge in [0.25, 0.3) is 0 Å². The summed E-state index contributed by atoms with van der Waals surface area (Å²) >= 11 is 0. The van der Waals surface area contributed by atoms with Gasteiger partial charge in [-0.15, -0.1) is 0 Å². The summed E-state index contributed by atoms with van der Waals surface area (Å²) in [5.74, 6) is -5.36. The summed E-state index contributed by atoms with van der Waals surface area (Å²) in [7, 11) is 1.57. The fourth-order valence-electron chi connectivity index (χ4n) is 3.86. The highest BCUT2D eigenvalue weighted by Crippen LogP contribution is 2.18. The van der Waals surface area contributed by atoms with E-state index in [0.717, 1.165) is 6.54 Å². The van der Waals surface area contributed by atoms with Crippen LogP contribution in [0, 0.1) is 24.9 Å². The average Bonchev–Trinajstić information content (AvgIpc) is 3.38. The molecule has 1 fully saturated rings. The van der Waals surface area contributed by atoms with Gasteiger partial charge in [0.1, 0.15) is 31.2 Å². The first kappa shape index (κ1) is 35.5. The maximum absolute atomic E-state index is 13.1. The highest BCUT2D eigenvalue weighted by molar-refractivity contribution is 5.97. The van der Waals surface area contributed by atoms with Gasteiger partial charge in [0.15, 0.2) is 18.0 Å². The molecule has 4 N–H and O–H groups in total. The number of nitrogens with zero attached hydrogens (tertiary/aromatic N) is 1. The molecule has 5 unspecified atom stereocenters. The number of likely N-dealkylation sites (N-methyl/N-ethyl adjacent to an activating group) is 1. The summed E-state index contributed by atoms with van der Waals surface area (Å²) in [5, 5.41) is 10.1. The van der Waals surface area contributed by atoms with Crippen molar-refractivity contribution >= 4 is 41.4 Å². The summed E-state index contributed by atoms with van der Waals surface area (Å²) in [6.07, 6.45) is -1.25. The van der Waals surface area contributed by atoms with Gasteiger partial charge >= 0.3 is 11.9 Å². The lowest BCUT2D eigenvalue weighted by atomic mass is 10.00. The Labute approximate surface area is 241 Å². The summed E-state index contributed by atoms with van der Waals surface area (Å²) in [4.78, 5) is 88.1. The van der Waals surface area contributed by atoms with Crippen LogP contribution in [0.15, 0.2) is 0 Å². The molecule has 0 aliphatic carbocycles. The van der Waals surface area contributed by atoms with Crippen molar-refractivity contribution in [2.75, 3.05) is 13.6 Å². The average molecular weight is 582 g/mol. The Morgan fingerprint density at radius 1 is 0.805 bits per heavy atom. The van der Waals surface area contributed by atoms with E-state index in [1.807, 2.05) is 0 Å². The molecule has 0 aromatic rings. The Morgan fingerprint density at radius 2 is 1.39 bits per heavy atom. The van der Waals surface area contributed by atoms with Crippen LogP contribution in [-0.2, 0) is 43.0 Å². The third-order valence-electron chi connectivity index (χ3n) is 6.41. The number of ketones is 1. The molecule has 1 rings (SSSR count). The van der Waals surface area contributed by atoms with Crippen molar-refractivity contribution in [3.8, 4) is 0 Å². The summed E-state index contributed by atoms with van der Waals surface area (Å²) in [6.45, 7) is 13.2. The van der Waals surface area contributed by atoms with Crippen molar-refractivity contribution in [3.05, 3.63) is 13.1 Å². The quantitative estimate of drug-likeness (QED) is 0.181. The lowest BCUT2D eigenvalue weighted by Crippen LogP contribution is -2.56. The Morgan fingerprint density at radius 3 is 1.93 bits per heavy atom. The van der Waals surface area contributed by atoms with Gasteiger partial charge in [0, 0.05) is 6.54 Å². The van der Waals surface area contributed by atoms with Gasteiger partial charge in [0.05, 0.1) is 0 Å². The number of nitrogens with one attached hydrogen (secondary N) is 4. The molecular weight excluding hydrogens is 538 g/mol. The van der Waals surface area contributed by atoms with E-state index in [1.54, 1.807) is 34.7 Å². The first-order valence-corrected chi connectivity index (χ1v) is 13.6. The minimum atomic E-state index is -1.33. The fourth-order valence-corrected chi connectivity index (χ4v) is 3.86. The number of rotatable bonds is 15. The van der Waals surface area contributed by atoms with E-state index in [1.165, 1.54) is 32.2 Å². The molecule has 0 aromatic carbocycles. The van der Waals surface area contributed by atoms with Gasteiger partial charge in [-0.25, -0.2) is 9.59 Å². The van der Waals surface area contributed by atoms with Gasteiger partial charge in [-0.1, -0.05) is 27.7 Å². The molecule has 1 heterocycles. The predicted octanol–water partition coefficient (Wildman–Crippen LogP) is -0.629. The third kappa shape index (κ3) is 11.1. The number of likely N-dealkylation sites (tertiary alicyclic amines) is 1. The maximum atomic E-state index is 13.1. The second-order valence-electron chi connectivity index (χ2n) is 10.5. The normalized spacial score (nSPS) is 17.7. The maximum Gasteiger partial charge on any atom is 0.347 e. The van der Waals surface area contributed by atoms with E-state index in [-0.39, 0.29) is 11.7 Å². The van der Waals surface area contributed by atoms with Crippen LogP contribution in [0.5, 0.6) is 0 Å². The van der Waals surface area contributed by atoms with Crippen LogP contribution in [0.2, 0.25) is 0 Å². The van der Waals surface area contributed by atoms with E-state index < -0.39 is 71.8 Å². The minimum Gasteiger partial charge on any atom is -0.452 e. The first-order chi connectivity index (χ1) is 19.1. The zero-order chi connectivity index (χ0) is 31.4. The van der Waals surface area contributed by atoms with E-state index in [0.29, 0.717) is 19.4 Å². The molecule has 0 spiro atoms. The fraction of sp³-hybridized carbons (Fsp3) is 0.667.